The molecular weight excluding hydrogens is 234 g/mol. The molecule has 1 aromatic rings. The SMILES string of the molecule is CCCc1noc(C(=O)N2CCC(CO)CC2)n1. The topological polar surface area (TPSA) is 79.5 Å². The van der Waals surface area contributed by atoms with Gasteiger partial charge < -0.3 is 14.5 Å². The fraction of sp³-hybridized carbons (Fsp3) is 0.750. The number of hydrogen-bond acceptors (Lipinski definition) is 5. The largest absolute Gasteiger partial charge is 0.396 e. The number of aliphatic hydroxyl groups excluding tert-OH is 1. The Morgan fingerprint density at radius 2 is 2.22 bits per heavy atom. The third-order valence-corrected chi connectivity index (χ3v) is 3.28. The Kier molecular flexibility index (Phi) is 4.30. The molecule has 0 radical (unpaired) electrons. The lowest BCUT2D eigenvalue weighted by Crippen LogP contribution is -2.39. The third-order valence-electron chi connectivity index (χ3n) is 3.28. The molecule has 0 spiro atoms. The van der Waals surface area contributed by atoms with Gasteiger partial charge >= 0.3 is 11.8 Å². The number of carbonyl (C=O) groups is 1. The van der Waals surface area contributed by atoms with E-state index < -0.39 is 0 Å². The third kappa shape index (κ3) is 2.87. The van der Waals surface area contributed by atoms with Crippen LogP contribution < -0.4 is 0 Å². The summed E-state index contributed by atoms with van der Waals surface area (Å²) in [7, 11) is 0. The maximum atomic E-state index is 12.1. The molecule has 6 heteroatoms. The highest BCUT2D eigenvalue weighted by Crippen LogP contribution is 2.18. The van der Waals surface area contributed by atoms with Crippen molar-refractivity contribution in [3.63, 3.8) is 0 Å². The molecule has 0 atom stereocenters. The molecule has 1 fully saturated rings. The summed E-state index contributed by atoms with van der Waals surface area (Å²) in [5, 5.41) is 12.8. The predicted octanol–water partition coefficient (Wildman–Crippen LogP) is 0.867. The van der Waals surface area contributed by atoms with Crippen LogP contribution in [0, 0.1) is 5.92 Å². The maximum Gasteiger partial charge on any atom is 0.316 e. The number of hydrogen-bond donors (Lipinski definition) is 1. The minimum Gasteiger partial charge on any atom is -0.396 e. The van der Waals surface area contributed by atoms with Gasteiger partial charge in [-0.05, 0) is 25.2 Å². The van der Waals surface area contributed by atoms with Crippen LogP contribution in [0.2, 0.25) is 0 Å². The number of aliphatic hydroxyl groups is 1. The molecule has 1 aliphatic heterocycles. The van der Waals surface area contributed by atoms with Crippen LogP contribution in [-0.4, -0.2) is 45.8 Å². The molecule has 6 nitrogen and oxygen atoms in total. The van der Waals surface area contributed by atoms with Crippen molar-refractivity contribution < 1.29 is 14.4 Å². The highest BCUT2D eigenvalue weighted by Gasteiger charge is 2.26. The van der Waals surface area contributed by atoms with Gasteiger partial charge in [0, 0.05) is 26.1 Å². The lowest BCUT2D eigenvalue weighted by atomic mass is 9.98. The number of aromatic nitrogens is 2. The fourth-order valence-corrected chi connectivity index (χ4v) is 2.12. The van der Waals surface area contributed by atoms with Crippen molar-refractivity contribution in [2.24, 2.45) is 5.92 Å². The monoisotopic (exact) mass is 253 g/mol. The summed E-state index contributed by atoms with van der Waals surface area (Å²) in [5.41, 5.74) is 0. The van der Waals surface area contributed by atoms with Crippen molar-refractivity contribution >= 4 is 5.91 Å². The number of amides is 1. The molecule has 1 aliphatic rings. The first-order valence-electron chi connectivity index (χ1n) is 6.47. The molecule has 0 unspecified atom stereocenters. The van der Waals surface area contributed by atoms with Crippen LogP contribution in [0.25, 0.3) is 0 Å². The number of rotatable bonds is 4. The van der Waals surface area contributed by atoms with Gasteiger partial charge in [-0.25, -0.2) is 0 Å². The van der Waals surface area contributed by atoms with Gasteiger partial charge in [0.25, 0.3) is 0 Å². The summed E-state index contributed by atoms with van der Waals surface area (Å²) >= 11 is 0. The number of likely N-dealkylation sites (tertiary alicyclic amines) is 1. The van der Waals surface area contributed by atoms with Crippen molar-refractivity contribution in [2.45, 2.75) is 32.6 Å². The molecule has 18 heavy (non-hydrogen) atoms. The van der Waals surface area contributed by atoms with Crippen LogP contribution in [-0.2, 0) is 6.42 Å². The van der Waals surface area contributed by atoms with E-state index in [4.69, 9.17) is 9.63 Å². The molecule has 0 bridgehead atoms. The first-order chi connectivity index (χ1) is 8.74. The van der Waals surface area contributed by atoms with E-state index in [-0.39, 0.29) is 18.4 Å². The second-order valence-electron chi connectivity index (χ2n) is 4.68. The van der Waals surface area contributed by atoms with Crippen LogP contribution in [0.15, 0.2) is 4.52 Å². The summed E-state index contributed by atoms with van der Waals surface area (Å²) < 4.78 is 4.98. The van der Waals surface area contributed by atoms with Crippen molar-refractivity contribution in [1.29, 1.82) is 0 Å². The van der Waals surface area contributed by atoms with Gasteiger partial charge in [0.2, 0.25) is 0 Å². The van der Waals surface area contributed by atoms with Gasteiger partial charge in [0.15, 0.2) is 5.82 Å². The second kappa shape index (κ2) is 5.95. The zero-order valence-corrected chi connectivity index (χ0v) is 10.6. The van der Waals surface area contributed by atoms with Gasteiger partial charge in [-0.3, -0.25) is 4.79 Å². The molecule has 1 N–H and O–H groups in total. The summed E-state index contributed by atoms with van der Waals surface area (Å²) in [4.78, 5) is 17.9. The minimum absolute atomic E-state index is 0.0842. The summed E-state index contributed by atoms with van der Waals surface area (Å²) in [6.07, 6.45) is 3.31. The quantitative estimate of drug-likeness (QED) is 0.861. The molecule has 0 aromatic carbocycles. The average molecular weight is 253 g/mol. The maximum absolute atomic E-state index is 12.1. The van der Waals surface area contributed by atoms with Crippen molar-refractivity contribution in [1.82, 2.24) is 15.0 Å². The molecule has 0 aliphatic carbocycles. The van der Waals surface area contributed by atoms with Gasteiger partial charge in [-0.15, -0.1) is 0 Å². The lowest BCUT2D eigenvalue weighted by molar-refractivity contribution is 0.0603. The van der Waals surface area contributed by atoms with E-state index in [9.17, 15) is 4.79 Å². The normalized spacial score (nSPS) is 17.1. The van der Waals surface area contributed by atoms with E-state index in [2.05, 4.69) is 10.1 Å². The van der Waals surface area contributed by atoms with E-state index in [1.807, 2.05) is 6.92 Å². The average Bonchev–Trinajstić information content (AvgIpc) is 2.87. The summed E-state index contributed by atoms with van der Waals surface area (Å²) in [5.74, 6) is 0.792. The molecule has 2 rings (SSSR count). The zero-order chi connectivity index (χ0) is 13.0. The van der Waals surface area contributed by atoms with Gasteiger partial charge in [0.1, 0.15) is 0 Å². The predicted molar refractivity (Wildman–Crippen MR) is 64.0 cm³/mol. The molecule has 1 aromatic heterocycles. The number of nitrogens with zero attached hydrogens (tertiary/aromatic N) is 3. The van der Waals surface area contributed by atoms with Crippen molar-refractivity contribution in [3.05, 3.63) is 11.7 Å². The van der Waals surface area contributed by atoms with Gasteiger partial charge in [-0.1, -0.05) is 12.1 Å². The molecule has 1 saturated heterocycles. The summed E-state index contributed by atoms with van der Waals surface area (Å²) in [6.45, 7) is 3.52. The van der Waals surface area contributed by atoms with Crippen LogP contribution in [0.1, 0.15) is 42.7 Å². The second-order valence-corrected chi connectivity index (χ2v) is 4.68. The Hall–Kier alpha value is -1.43. The Labute approximate surface area is 106 Å². The number of piperidine rings is 1. The standard InChI is InChI=1S/C12H19N3O3/c1-2-3-10-13-11(18-14-10)12(17)15-6-4-9(8-16)5-7-15/h9,16H,2-8H2,1H3. The lowest BCUT2D eigenvalue weighted by Gasteiger charge is -2.29. The fourth-order valence-electron chi connectivity index (χ4n) is 2.12. The van der Waals surface area contributed by atoms with E-state index in [1.165, 1.54) is 0 Å². The molecular formula is C12H19N3O3. The minimum atomic E-state index is -0.193. The highest BCUT2D eigenvalue weighted by atomic mass is 16.5. The van der Waals surface area contributed by atoms with Crippen LogP contribution in [0.5, 0.6) is 0 Å². The van der Waals surface area contributed by atoms with Crippen LogP contribution in [0.4, 0.5) is 0 Å². The molecule has 1 amide bonds. The Bertz CT molecular complexity index is 397. The zero-order valence-electron chi connectivity index (χ0n) is 10.6. The van der Waals surface area contributed by atoms with Crippen LogP contribution in [0.3, 0.4) is 0 Å². The van der Waals surface area contributed by atoms with Crippen molar-refractivity contribution in [2.75, 3.05) is 19.7 Å². The molecule has 100 valence electrons. The summed E-state index contributed by atoms with van der Waals surface area (Å²) in [6, 6.07) is 0. The first-order valence-corrected chi connectivity index (χ1v) is 6.47. The van der Waals surface area contributed by atoms with Crippen molar-refractivity contribution in [3.8, 4) is 0 Å². The Morgan fingerprint density at radius 1 is 1.50 bits per heavy atom. The van der Waals surface area contributed by atoms with Gasteiger partial charge in [0.05, 0.1) is 0 Å². The first kappa shape index (κ1) is 13.0. The Balaban J connectivity index is 1.94. The number of aryl methyl sites for hydroxylation is 1. The molecule has 0 saturated carbocycles. The Morgan fingerprint density at radius 3 is 2.83 bits per heavy atom. The van der Waals surface area contributed by atoms with Gasteiger partial charge in [-0.2, -0.15) is 4.98 Å². The highest BCUT2D eigenvalue weighted by molar-refractivity contribution is 5.89. The molecule has 2 heterocycles. The smallest absolute Gasteiger partial charge is 0.316 e. The van der Waals surface area contributed by atoms with E-state index in [0.29, 0.717) is 24.8 Å². The van der Waals surface area contributed by atoms with E-state index >= 15 is 0 Å². The van der Waals surface area contributed by atoms with E-state index in [1.54, 1.807) is 4.90 Å². The van der Waals surface area contributed by atoms with Crippen LogP contribution >= 0.6 is 0 Å². The van der Waals surface area contributed by atoms with E-state index in [0.717, 1.165) is 25.7 Å². The number of carbonyl (C=O) groups excluding carboxylic acids is 1.